The van der Waals surface area contributed by atoms with Gasteiger partial charge in [0.1, 0.15) is 0 Å². The number of nitrogens with two attached hydrogens (primary N) is 1. The average Bonchev–Trinajstić information content (AvgIpc) is 2.67. The van der Waals surface area contributed by atoms with Crippen LogP contribution in [0.25, 0.3) is 0 Å². The Labute approximate surface area is 112 Å². The lowest BCUT2D eigenvalue weighted by Gasteiger charge is -2.37. The van der Waals surface area contributed by atoms with E-state index in [1.54, 1.807) is 11.5 Å². The van der Waals surface area contributed by atoms with Crippen molar-refractivity contribution in [2.24, 2.45) is 18.7 Å². The van der Waals surface area contributed by atoms with Crippen molar-refractivity contribution in [2.45, 2.75) is 32.7 Å². The first-order valence-corrected chi connectivity index (χ1v) is 6.63. The maximum absolute atomic E-state index is 11.1. The number of nitro groups is 1. The molecule has 2 N–H and O–H groups in total. The van der Waals surface area contributed by atoms with Gasteiger partial charge in [-0.1, -0.05) is 13.3 Å². The van der Waals surface area contributed by atoms with Crippen molar-refractivity contribution in [2.75, 3.05) is 18.0 Å². The van der Waals surface area contributed by atoms with Gasteiger partial charge in [-0.25, -0.2) is 0 Å². The van der Waals surface area contributed by atoms with Gasteiger partial charge >= 0.3 is 5.82 Å². The summed E-state index contributed by atoms with van der Waals surface area (Å²) in [5, 5.41) is 11.1. The van der Waals surface area contributed by atoms with Crippen LogP contribution in [0, 0.1) is 23.0 Å². The largest absolute Gasteiger partial charge is 0.406 e. The van der Waals surface area contributed by atoms with E-state index in [9.17, 15) is 10.1 Å². The van der Waals surface area contributed by atoms with Gasteiger partial charge in [-0.05, 0) is 22.2 Å². The predicted molar refractivity (Wildman–Crippen MR) is 73.2 cm³/mol. The smallest absolute Gasteiger partial charge is 0.358 e. The Bertz CT molecular complexity index is 485. The topological polar surface area (TPSA) is 90.2 Å². The van der Waals surface area contributed by atoms with Crippen LogP contribution >= 0.6 is 0 Å². The summed E-state index contributed by atoms with van der Waals surface area (Å²) in [5.74, 6) is 1.59. The van der Waals surface area contributed by atoms with Crippen LogP contribution in [0.5, 0.6) is 0 Å². The second-order valence-electron chi connectivity index (χ2n) is 5.19. The van der Waals surface area contributed by atoms with Gasteiger partial charge in [-0.2, -0.15) is 0 Å². The standard InChI is InChI=1S/C12H21N5O2/c1-4-9-7-16(6-5-10(9)13)12-11(17(18)19)14-8(2)15(12)3/h9-10H,4-7,13H2,1-3H3. The number of piperidine rings is 1. The molecule has 0 amide bonds. The number of hydrogen-bond acceptors (Lipinski definition) is 5. The minimum absolute atomic E-state index is 0.0506. The molecule has 0 spiro atoms. The Morgan fingerprint density at radius 1 is 1.58 bits per heavy atom. The quantitative estimate of drug-likeness (QED) is 0.656. The molecular weight excluding hydrogens is 246 g/mol. The summed E-state index contributed by atoms with van der Waals surface area (Å²) in [6.45, 7) is 5.40. The highest BCUT2D eigenvalue weighted by molar-refractivity contribution is 5.56. The molecular formula is C12H21N5O2. The van der Waals surface area contributed by atoms with Crippen molar-refractivity contribution in [3.8, 4) is 0 Å². The van der Waals surface area contributed by atoms with Crippen LogP contribution in [0.1, 0.15) is 25.6 Å². The van der Waals surface area contributed by atoms with Crippen LogP contribution in [-0.4, -0.2) is 33.6 Å². The third-order valence-corrected chi connectivity index (χ3v) is 4.06. The first-order chi connectivity index (χ1) is 8.95. The van der Waals surface area contributed by atoms with E-state index < -0.39 is 4.92 Å². The van der Waals surface area contributed by atoms with Gasteiger partial charge in [0.2, 0.25) is 11.6 Å². The van der Waals surface area contributed by atoms with Crippen LogP contribution in [-0.2, 0) is 7.05 Å². The van der Waals surface area contributed by atoms with Crippen molar-refractivity contribution in [1.82, 2.24) is 9.55 Å². The van der Waals surface area contributed by atoms with Crippen molar-refractivity contribution >= 4 is 11.6 Å². The van der Waals surface area contributed by atoms with Crippen molar-refractivity contribution in [3.63, 3.8) is 0 Å². The van der Waals surface area contributed by atoms with Gasteiger partial charge in [0.15, 0.2) is 0 Å². The molecule has 1 aliphatic rings. The number of anilines is 1. The molecule has 19 heavy (non-hydrogen) atoms. The molecule has 106 valence electrons. The molecule has 1 aliphatic heterocycles. The molecule has 0 aliphatic carbocycles. The van der Waals surface area contributed by atoms with E-state index in [2.05, 4.69) is 16.8 Å². The summed E-state index contributed by atoms with van der Waals surface area (Å²) in [5.41, 5.74) is 6.09. The molecule has 0 bridgehead atoms. The van der Waals surface area contributed by atoms with E-state index in [1.165, 1.54) is 0 Å². The fourth-order valence-corrected chi connectivity index (χ4v) is 2.73. The summed E-state index contributed by atoms with van der Waals surface area (Å²) in [6, 6.07) is 0.189. The molecule has 7 heteroatoms. The first kappa shape index (κ1) is 13.8. The summed E-state index contributed by atoms with van der Waals surface area (Å²) < 4.78 is 1.79. The molecule has 1 saturated heterocycles. The Kier molecular flexibility index (Phi) is 3.75. The third-order valence-electron chi connectivity index (χ3n) is 4.06. The minimum atomic E-state index is -0.405. The predicted octanol–water partition coefficient (Wildman–Crippen LogP) is 1.20. The fraction of sp³-hybridized carbons (Fsp3) is 0.750. The van der Waals surface area contributed by atoms with Crippen LogP contribution < -0.4 is 10.6 Å². The van der Waals surface area contributed by atoms with Gasteiger partial charge in [0.05, 0.1) is 0 Å². The highest BCUT2D eigenvalue weighted by Gasteiger charge is 2.33. The van der Waals surface area contributed by atoms with Crippen molar-refractivity contribution < 1.29 is 4.92 Å². The Morgan fingerprint density at radius 2 is 2.26 bits per heavy atom. The van der Waals surface area contributed by atoms with E-state index in [0.717, 1.165) is 25.9 Å². The van der Waals surface area contributed by atoms with E-state index in [0.29, 0.717) is 17.6 Å². The number of imidazole rings is 1. The Morgan fingerprint density at radius 3 is 2.84 bits per heavy atom. The molecule has 2 unspecified atom stereocenters. The second-order valence-corrected chi connectivity index (χ2v) is 5.19. The molecule has 1 aromatic rings. The maximum atomic E-state index is 11.1. The summed E-state index contributed by atoms with van der Waals surface area (Å²) in [6.07, 6.45) is 1.85. The number of aromatic nitrogens is 2. The Balaban J connectivity index is 2.34. The molecule has 2 heterocycles. The molecule has 0 aromatic carbocycles. The van der Waals surface area contributed by atoms with E-state index in [-0.39, 0.29) is 11.9 Å². The maximum Gasteiger partial charge on any atom is 0.406 e. The van der Waals surface area contributed by atoms with Gasteiger partial charge in [-0.15, -0.1) is 0 Å². The molecule has 0 saturated carbocycles. The zero-order chi connectivity index (χ0) is 14.2. The van der Waals surface area contributed by atoms with E-state index in [4.69, 9.17) is 5.73 Å². The Hall–Kier alpha value is -1.63. The van der Waals surface area contributed by atoms with Crippen LogP contribution in [0.2, 0.25) is 0 Å². The van der Waals surface area contributed by atoms with Gasteiger partial charge < -0.3 is 20.7 Å². The van der Waals surface area contributed by atoms with Gasteiger partial charge in [-0.3, -0.25) is 4.57 Å². The van der Waals surface area contributed by atoms with Crippen LogP contribution in [0.4, 0.5) is 11.6 Å². The van der Waals surface area contributed by atoms with E-state index in [1.807, 2.05) is 7.05 Å². The van der Waals surface area contributed by atoms with Gasteiger partial charge in [0.25, 0.3) is 0 Å². The molecule has 2 atom stereocenters. The zero-order valence-electron chi connectivity index (χ0n) is 11.7. The third kappa shape index (κ3) is 2.42. The molecule has 7 nitrogen and oxygen atoms in total. The summed E-state index contributed by atoms with van der Waals surface area (Å²) in [4.78, 5) is 16.8. The molecule has 2 rings (SSSR count). The van der Waals surface area contributed by atoms with Crippen LogP contribution in [0.3, 0.4) is 0 Å². The zero-order valence-corrected chi connectivity index (χ0v) is 11.7. The summed E-state index contributed by atoms with van der Waals surface area (Å²) in [7, 11) is 1.82. The molecule has 1 aromatic heterocycles. The second kappa shape index (κ2) is 5.16. The van der Waals surface area contributed by atoms with Crippen molar-refractivity contribution in [1.29, 1.82) is 0 Å². The SMILES string of the molecule is CCC1CN(c2c([N+](=O)[O-])nc(C)n2C)CCC1N. The lowest BCUT2D eigenvalue weighted by Crippen LogP contribution is -2.47. The number of hydrogen-bond donors (Lipinski definition) is 1. The van der Waals surface area contributed by atoms with E-state index >= 15 is 0 Å². The minimum Gasteiger partial charge on any atom is -0.358 e. The highest BCUT2D eigenvalue weighted by atomic mass is 16.6. The number of nitrogens with zero attached hydrogens (tertiary/aromatic N) is 4. The number of aryl methyl sites for hydroxylation is 1. The summed E-state index contributed by atoms with van der Waals surface area (Å²) >= 11 is 0. The normalized spacial score (nSPS) is 23.7. The highest BCUT2D eigenvalue weighted by Crippen LogP contribution is 2.31. The first-order valence-electron chi connectivity index (χ1n) is 6.63. The fourth-order valence-electron chi connectivity index (χ4n) is 2.73. The lowest BCUT2D eigenvalue weighted by molar-refractivity contribution is -0.388. The number of rotatable bonds is 3. The monoisotopic (exact) mass is 267 g/mol. The van der Waals surface area contributed by atoms with Gasteiger partial charge in [0, 0.05) is 33.1 Å². The average molecular weight is 267 g/mol. The molecule has 1 fully saturated rings. The van der Waals surface area contributed by atoms with Crippen molar-refractivity contribution in [3.05, 3.63) is 15.9 Å². The van der Waals surface area contributed by atoms with Crippen LogP contribution in [0.15, 0.2) is 0 Å². The molecule has 0 radical (unpaired) electrons. The lowest BCUT2D eigenvalue weighted by atomic mass is 9.91.